The highest BCUT2D eigenvalue weighted by molar-refractivity contribution is 6.30. The number of esters is 1. The molecule has 0 aliphatic heterocycles. The van der Waals surface area contributed by atoms with Crippen molar-refractivity contribution in [2.75, 3.05) is 12.8 Å². The number of hydrogen-bond donors (Lipinski definition) is 1. The average Bonchev–Trinajstić information content (AvgIpc) is 2.63. The minimum Gasteiger partial charge on any atom is -0.486 e. The molecule has 0 fully saturated rings. The number of benzene rings is 2. The average molecular weight is 406 g/mol. The summed E-state index contributed by atoms with van der Waals surface area (Å²) >= 11 is 5.92. The van der Waals surface area contributed by atoms with Crippen molar-refractivity contribution in [3.63, 3.8) is 0 Å². The molecule has 2 rings (SSSR count). The van der Waals surface area contributed by atoms with Crippen LogP contribution in [0.3, 0.4) is 0 Å². The topological polar surface area (TPSA) is 70.8 Å². The Labute approximate surface area is 171 Å². The van der Waals surface area contributed by atoms with Crippen LogP contribution in [0.4, 0.5) is 5.69 Å². The molecule has 0 aliphatic rings. The number of nitrogen functional groups attached to an aromatic ring is 1. The van der Waals surface area contributed by atoms with Gasteiger partial charge >= 0.3 is 5.97 Å². The smallest absolute Gasteiger partial charge is 0.339 e. The Hall–Kier alpha value is -2.24. The van der Waals surface area contributed by atoms with Crippen molar-refractivity contribution in [2.24, 2.45) is 0 Å². The Bertz CT molecular complexity index is 841. The second-order valence-corrected chi connectivity index (χ2v) is 8.14. The maximum atomic E-state index is 12.4. The predicted molar refractivity (Wildman–Crippen MR) is 112 cm³/mol. The first kappa shape index (κ1) is 22.1. The number of ether oxygens (including phenoxy) is 3. The van der Waals surface area contributed by atoms with E-state index in [2.05, 4.69) is 0 Å². The number of halogens is 1. The van der Waals surface area contributed by atoms with Gasteiger partial charge in [-0.3, -0.25) is 0 Å². The van der Waals surface area contributed by atoms with Crippen molar-refractivity contribution >= 4 is 23.3 Å². The van der Waals surface area contributed by atoms with E-state index in [1.165, 1.54) is 7.11 Å². The quantitative estimate of drug-likeness (QED) is 0.531. The molecule has 5 nitrogen and oxygen atoms in total. The predicted octanol–water partition coefficient (Wildman–Crippen LogP) is 5.15. The van der Waals surface area contributed by atoms with Crippen molar-refractivity contribution in [3.05, 3.63) is 57.6 Å². The van der Waals surface area contributed by atoms with Crippen LogP contribution in [0.25, 0.3) is 0 Å². The number of anilines is 1. The number of carbonyl (C=O) groups is 1. The molecular formula is C22H28ClNO4. The third-order valence-electron chi connectivity index (χ3n) is 4.28. The molecule has 0 amide bonds. The zero-order chi connectivity index (χ0) is 21.1. The van der Waals surface area contributed by atoms with Gasteiger partial charge in [0.15, 0.2) is 6.10 Å². The largest absolute Gasteiger partial charge is 0.486 e. The molecule has 0 saturated heterocycles. The second-order valence-electron chi connectivity index (χ2n) is 7.70. The molecule has 152 valence electrons. The summed E-state index contributed by atoms with van der Waals surface area (Å²) in [5, 5.41) is 0.673. The van der Waals surface area contributed by atoms with E-state index >= 15 is 0 Å². The first-order valence-corrected chi connectivity index (χ1v) is 9.43. The first-order valence-electron chi connectivity index (χ1n) is 9.06. The molecular weight excluding hydrogens is 378 g/mol. The minimum atomic E-state index is -0.865. The van der Waals surface area contributed by atoms with Gasteiger partial charge in [-0.25, -0.2) is 4.79 Å². The van der Waals surface area contributed by atoms with Crippen LogP contribution in [0.5, 0.6) is 5.75 Å². The van der Waals surface area contributed by atoms with Crippen LogP contribution in [0.15, 0.2) is 30.3 Å². The minimum absolute atomic E-state index is 0.361. The summed E-state index contributed by atoms with van der Waals surface area (Å²) in [5.41, 5.74) is 9.52. The summed E-state index contributed by atoms with van der Waals surface area (Å²) in [6.07, 6.45) is -0.865. The fourth-order valence-corrected chi connectivity index (χ4v) is 2.97. The summed E-state index contributed by atoms with van der Waals surface area (Å²) < 4.78 is 16.9. The van der Waals surface area contributed by atoms with Crippen molar-refractivity contribution < 1.29 is 19.0 Å². The van der Waals surface area contributed by atoms with Crippen LogP contribution in [0.2, 0.25) is 5.02 Å². The summed E-state index contributed by atoms with van der Waals surface area (Å²) in [7, 11) is 1.34. The lowest BCUT2D eigenvalue weighted by atomic mass is 9.97. The number of hydrogen-bond acceptors (Lipinski definition) is 5. The molecule has 0 radical (unpaired) electrons. The van der Waals surface area contributed by atoms with E-state index in [-0.39, 0.29) is 0 Å². The molecule has 0 aromatic heterocycles. The summed E-state index contributed by atoms with van der Waals surface area (Å²) in [6.45, 7) is 9.76. The van der Waals surface area contributed by atoms with E-state index in [1.54, 1.807) is 0 Å². The van der Waals surface area contributed by atoms with E-state index in [4.69, 9.17) is 31.5 Å². The van der Waals surface area contributed by atoms with Gasteiger partial charge in [0.1, 0.15) is 12.4 Å². The van der Waals surface area contributed by atoms with Gasteiger partial charge in [0.2, 0.25) is 0 Å². The molecule has 2 N–H and O–H groups in total. The number of methoxy groups -OCH3 is 1. The molecule has 1 unspecified atom stereocenters. The SMILES string of the molecule is COC(=O)C(OC(C)(C)C)c1cc(C)c(OCc2ccc(Cl)cc2)c(N)c1C. The van der Waals surface area contributed by atoms with Crippen LogP contribution < -0.4 is 10.5 Å². The molecule has 1 atom stereocenters. The third-order valence-corrected chi connectivity index (χ3v) is 4.53. The normalized spacial score (nSPS) is 12.5. The molecule has 2 aromatic carbocycles. The van der Waals surface area contributed by atoms with Gasteiger partial charge in [-0.2, -0.15) is 0 Å². The summed E-state index contributed by atoms with van der Waals surface area (Å²) in [6, 6.07) is 9.31. The Morgan fingerprint density at radius 3 is 2.32 bits per heavy atom. The molecule has 0 heterocycles. The van der Waals surface area contributed by atoms with E-state index in [9.17, 15) is 4.79 Å². The molecule has 28 heavy (non-hydrogen) atoms. The number of carbonyl (C=O) groups excluding carboxylic acids is 1. The molecule has 2 aromatic rings. The zero-order valence-corrected chi connectivity index (χ0v) is 18.0. The van der Waals surface area contributed by atoms with Crippen molar-refractivity contribution in [2.45, 2.75) is 52.9 Å². The van der Waals surface area contributed by atoms with Crippen molar-refractivity contribution in [1.29, 1.82) is 0 Å². The van der Waals surface area contributed by atoms with Gasteiger partial charge in [-0.1, -0.05) is 23.7 Å². The van der Waals surface area contributed by atoms with Crippen LogP contribution >= 0.6 is 11.6 Å². The van der Waals surface area contributed by atoms with Crippen LogP contribution in [0, 0.1) is 13.8 Å². The number of aryl methyl sites for hydroxylation is 1. The molecule has 6 heteroatoms. The fraction of sp³-hybridized carbons (Fsp3) is 0.409. The highest BCUT2D eigenvalue weighted by atomic mass is 35.5. The van der Waals surface area contributed by atoms with Crippen molar-refractivity contribution in [3.8, 4) is 5.75 Å². The van der Waals surface area contributed by atoms with Gasteiger partial charge in [0.25, 0.3) is 0 Å². The van der Waals surface area contributed by atoms with Gasteiger partial charge in [-0.15, -0.1) is 0 Å². The molecule has 0 spiro atoms. The van der Waals surface area contributed by atoms with E-state index in [1.807, 2.05) is 65.0 Å². The lowest BCUT2D eigenvalue weighted by Gasteiger charge is -2.28. The number of rotatable bonds is 6. The summed E-state index contributed by atoms with van der Waals surface area (Å²) in [5.74, 6) is 0.127. The van der Waals surface area contributed by atoms with E-state index in [0.717, 1.165) is 16.7 Å². The molecule has 0 bridgehead atoms. The highest BCUT2D eigenvalue weighted by Gasteiger charge is 2.30. The standard InChI is InChI=1S/C22H28ClNO4/c1-13-11-17(20(21(25)26-6)28-22(3,4)5)14(2)18(24)19(13)27-12-15-7-9-16(23)10-8-15/h7-11,20H,12,24H2,1-6H3. The maximum absolute atomic E-state index is 12.4. The van der Waals surface area contributed by atoms with E-state index < -0.39 is 17.7 Å². The van der Waals surface area contributed by atoms with Gasteiger partial charge in [0.05, 0.1) is 18.4 Å². The lowest BCUT2D eigenvalue weighted by molar-refractivity contribution is -0.164. The van der Waals surface area contributed by atoms with Gasteiger partial charge < -0.3 is 19.9 Å². The van der Waals surface area contributed by atoms with Crippen LogP contribution in [0.1, 0.15) is 49.1 Å². The lowest BCUT2D eigenvalue weighted by Crippen LogP contribution is -2.29. The Balaban J connectivity index is 2.35. The monoisotopic (exact) mass is 405 g/mol. The Morgan fingerprint density at radius 1 is 1.18 bits per heavy atom. The van der Waals surface area contributed by atoms with Gasteiger partial charge in [-0.05, 0) is 75.1 Å². The molecule has 0 saturated carbocycles. The third kappa shape index (κ3) is 5.40. The zero-order valence-electron chi connectivity index (χ0n) is 17.3. The molecule has 0 aliphatic carbocycles. The highest BCUT2D eigenvalue weighted by Crippen LogP contribution is 2.37. The van der Waals surface area contributed by atoms with Crippen molar-refractivity contribution in [1.82, 2.24) is 0 Å². The first-order chi connectivity index (χ1) is 13.0. The Morgan fingerprint density at radius 2 is 1.79 bits per heavy atom. The van der Waals surface area contributed by atoms with E-state index in [0.29, 0.717) is 28.6 Å². The second kappa shape index (κ2) is 8.84. The van der Waals surface area contributed by atoms with Crippen LogP contribution in [-0.4, -0.2) is 18.7 Å². The van der Waals surface area contributed by atoms with Crippen LogP contribution in [-0.2, 0) is 20.9 Å². The Kier molecular flexibility index (Phi) is 6.96. The number of nitrogens with two attached hydrogens (primary N) is 1. The van der Waals surface area contributed by atoms with Gasteiger partial charge in [0, 0.05) is 5.02 Å². The summed E-state index contributed by atoms with van der Waals surface area (Å²) in [4.78, 5) is 12.4. The maximum Gasteiger partial charge on any atom is 0.339 e. The fourth-order valence-electron chi connectivity index (χ4n) is 2.84.